The molecule has 7 heteroatoms. The first-order valence-electron chi connectivity index (χ1n) is 8.62. The monoisotopic (exact) mass is 466 g/mol. The van der Waals surface area contributed by atoms with Crippen molar-refractivity contribution in [3.63, 3.8) is 0 Å². The van der Waals surface area contributed by atoms with E-state index >= 15 is 0 Å². The molecule has 0 aliphatic rings. The van der Waals surface area contributed by atoms with E-state index in [2.05, 4.69) is 20.8 Å². The summed E-state index contributed by atoms with van der Waals surface area (Å²) in [6, 6.07) is 12.8. The van der Waals surface area contributed by atoms with Crippen LogP contribution in [0.3, 0.4) is 0 Å². The van der Waals surface area contributed by atoms with Crippen molar-refractivity contribution in [3.05, 3.63) is 58.2 Å². The van der Waals surface area contributed by atoms with E-state index in [1.165, 1.54) is 3.97 Å². The van der Waals surface area contributed by atoms with Crippen LogP contribution in [0.1, 0.15) is 11.3 Å². The molecule has 0 saturated carbocycles. The summed E-state index contributed by atoms with van der Waals surface area (Å²) in [6.07, 6.45) is 0. The largest absolute Gasteiger partial charge is 0.309 e. The van der Waals surface area contributed by atoms with Gasteiger partial charge in [-0.15, -0.1) is 11.8 Å². The Morgan fingerprint density at radius 2 is 1.74 bits per heavy atom. The summed E-state index contributed by atoms with van der Waals surface area (Å²) in [6.45, 7) is 4.76. The van der Waals surface area contributed by atoms with E-state index in [1.54, 1.807) is 23.9 Å². The van der Waals surface area contributed by atoms with Crippen LogP contribution in [-0.4, -0.2) is 43.7 Å². The Labute approximate surface area is 173 Å². The van der Waals surface area contributed by atoms with E-state index in [9.17, 15) is 8.42 Å². The molecule has 0 spiro atoms. The molecule has 3 rings (SSSR count). The molecular weight excluding hydrogens is 444 g/mol. The van der Waals surface area contributed by atoms with Gasteiger partial charge in [0.15, 0.2) is 0 Å². The van der Waals surface area contributed by atoms with Crippen molar-refractivity contribution in [1.29, 1.82) is 0 Å². The number of aryl methyl sites for hydroxylation is 1. The maximum absolute atomic E-state index is 13.4. The highest BCUT2D eigenvalue weighted by molar-refractivity contribution is 9.10. The number of fused-ring (bicyclic) bond motifs is 1. The van der Waals surface area contributed by atoms with Crippen LogP contribution in [-0.2, 0) is 10.0 Å². The van der Waals surface area contributed by atoms with Gasteiger partial charge in [-0.2, -0.15) is 0 Å². The summed E-state index contributed by atoms with van der Waals surface area (Å²) in [5, 5.41) is 0.960. The van der Waals surface area contributed by atoms with Crippen LogP contribution in [0, 0.1) is 13.8 Å². The van der Waals surface area contributed by atoms with Gasteiger partial charge in [0.1, 0.15) is 0 Å². The number of nitrogens with zero attached hydrogens (tertiary/aromatic N) is 2. The number of aromatic nitrogens is 1. The Morgan fingerprint density at radius 3 is 2.37 bits per heavy atom. The SMILES string of the molecule is Cc1ccc(S(=O)(=O)n2c(C)c(SCCN(C)C)c3cc(Br)ccc32)cc1. The second kappa shape index (κ2) is 7.99. The third-order valence-electron chi connectivity index (χ3n) is 4.40. The van der Waals surface area contributed by atoms with Gasteiger partial charge >= 0.3 is 0 Å². The van der Waals surface area contributed by atoms with Crippen molar-refractivity contribution in [2.75, 3.05) is 26.4 Å². The fourth-order valence-electron chi connectivity index (χ4n) is 2.97. The normalized spacial score (nSPS) is 12.2. The van der Waals surface area contributed by atoms with Crippen molar-refractivity contribution >= 4 is 48.6 Å². The molecule has 3 aromatic rings. The van der Waals surface area contributed by atoms with Crippen molar-refractivity contribution < 1.29 is 8.42 Å². The number of halogens is 1. The molecule has 144 valence electrons. The van der Waals surface area contributed by atoms with E-state index in [-0.39, 0.29) is 0 Å². The summed E-state index contributed by atoms with van der Waals surface area (Å²) >= 11 is 5.22. The Kier molecular flexibility index (Phi) is 6.05. The first-order chi connectivity index (χ1) is 12.7. The molecule has 0 aliphatic heterocycles. The fourth-order valence-corrected chi connectivity index (χ4v) is 6.23. The highest BCUT2D eigenvalue weighted by Crippen LogP contribution is 2.37. The molecule has 1 aromatic heterocycles. The Bertz CT molecular complexity index is 1070. The minimum Gasteiger partial charge on any atom is -0.309 e. The zero-order chi connectivity index (χ0) is 19.8. The second-order valence-corrected chi connectivity index (χ2v) is 10.6. The zero-order valence-electron chi connectivity index (χ0n) is 15.9. The Hall–Kier alpha value is -1.28. The smallest absolute Gasteiger partial charge is 0.268 e. The molecule has 0 radical (unpaired) electrons. The van der Waals surface area contributed by atoms with Gasteiger partial charge in [0.25, 0.3) is 10.0 Å². The van der Waals surface area contributed by atoms with Crippen molar-refractivity contribution in [2.45, 2.75) is 23.6 Å². The van der Waals surface area contributed by atoms with Crippen LogP contribution in [0.4, 0.5) is 0 Å². The second-order valence-electron chi connectivity index (χ2n) is 6.81. The lowest BCUT2D eigenvalue weighted by Gasteiger charge is -2.11. The van der Waals surface area contributed by atoms with E-state index in [4.69, 9.17) is 0 Å². The topological polar surface area (TPSA) is 42.3 Å². The molecule has 0 saturated heterocycles. The minimum absolute atomic E-state index is 0.306. The third kappa shape index (κ3) is 4.11. The average Bonchev–Trinajstić information content (AvgIpc) is 2.87. The third-order valence-corrected chi connectivity index (χ3v) is 7.90. The van der Waals surface area contributed by atoms with Gasteiger partial charge in [0.05, 0.1) is 10.4 Å². The molecule has 0 fully saturated rings. The molecule has 2 aromatic carbocycles. The maximum Gasteiger partial charge on any atom is 0.268 e. The molecule has 0 aliphatic carbocycles. The molecule has 0 bridgehead atoms. The van der Waals surface area contributed by atoms with Gasteiger partial charge in [0, 0.05) is 32.7 Å². The van der Waals surface area contributed by atoms with Gasteiger partial charge in [-0.3, -0.25) is 0 Å². The Balaban J connectivity index is 2.18. The quantitative estimate of drug-likeness (QED) is 0.483. The van der Waals surface area contributed by atoms with Crippen LogP contribution in [0.25, 0.3) is 10.9 Å². The van der Waals surface area contributed by atoms with Gasteiger partial charge in [-0.05, 0) is 58.3 Å². The molecular formula is C20H23BrN2O2S2. The van der Waals surface area contributed by atoms with Crippen molar-refractivity contribution in [3.8, 4) is 0 Å². The summed E-state index contributed by atoms with van der Waals surface area (Å²) in [4.78, 5) is 3.45. The van der Waals surface area contributed by atoms with Gasteiger partial charge in [-0.25, -0.2) is 12.4 Å². The average molecular weight is 467 g/mol. The fraction of sp³-hybridized carbons (Fsp3) is 0.300. The standard InChI is InChI=1S/C20H23BrN2O2S2/c1-14-5-8-17(9-6-14)27(24,25)23-15(2)20(26-12-11-22(3)4)18-13-16(21)7-10-19(18)23/h5-10,13H,11-12H2,1-4H3. The van der Waals surface area contributed by atoms with Gasteiger partial charge in [0.2, 0.25) is 0 Å². The number of benzene rings is 2. The highest BCUT2D eigenvalue weighted by atomic mass is 79.9. The van der Waals surface area contributed by atoms with E-state index < -0.39 is 10.0 Å². The predicted octanol–water partition coefficient (Wildman–Crippen LogP) is 4.91. The predicted molar refractivity (Wildman–Crippen MR) is 117 cm³/mol. The van der Waals surface area contributed by atoms with Crippen LogP contribution < -0.4 is 0 Å². The molecule has 0 amide bonds. The molecule has 0 unspecified atom stereocenters. The molecule has 0 atom stereocenters. The molecule has 4 nitrogen and oxygen atoms in total. The number of rotatable bonds is 6. The van der Waals surface area contributed by atoms with Gasteiger partial charge in [-0.1, -0.05) is 33.6 Å². The van der Waals surface area contributed by atoms with E-state index in [1.807, 2.05) is 58.3 Å². The first-order valence-corrected chi connectivity index (χ1v) is 11.8. The summed E-state index contributed by atoms with van der Waals surface area (Å²) in [7, 11) is 0.405. The number of hydrogen-bond donors (Lipinski definition) is 0. The number of thioether (sulfide) groups is 1. The van der Waals surface area contributed by atoms with Crippen LogP contribution >= 0.6 is 27.7 Å². The molecule has 0 N–H and O–H groups in total. The van der Waals surface area contributed by atoms with E-state index in [0.717, 1.165) is 38.3 Å². The molecule has 27 heavy (non-hydrogen) atoms. The summed E-state index contributed by atoms with van der Waals surface area (Å²) in [5.74, 6) is 0.893. The van der Waals surface area contributed by atoms with Crippen LogP contribution in [0.15, 0.2) is 56.7 Å². The van der Waals surface area contributed by atoms with Crippen LogP contribution in [0.5, 0.6) is 0 Å². The zero-order valence-corrected chi connectivity index (χ0v) is 19.1. The minimum atomic E-state index is -3.67. The summed E-state index contributed by atoms with van der Waals surface area (Å²) in [5.41, 5.74) is 2.50. The van der Waals surface area contributed by atoms with Gasteiger partial charge < -0.3 is 4.90 Å². The van der Waals surface area contributed by atoms with Crippen molar-refractivity contribution in [2.24, 2.45) is 0 Å². The molecule has 1 heterocycles. The van der Waals surface area contributed by atoms with Crippen molar-refractivity contribution in [1.82, 2.24) is 8.87 Å². The lowest BCUT2D eigenvalue weighted by molar-refractivity contribution is 0.437. The maximum atomic E-state index is 13.4. The lowest BCUT2D eigenvalue weighted by atomic mass is 10.2. The lowest BCUT2D eigenvalue weighted by Crippen LogP contribution is -2.15. The van der Waals surface area contributed by atoms with E-state index in [0.29, 0.717) is 10.4 Å². The number of hydrogen-bond acceptors (Lipinski definition) is 4. The first kappa shape index (κ1) is 20.5. The summed E-state index contributed by atoms with van der Waals surface area (Å²) < 4.78 is 29.2. The van der Waals surface area contributed by atoms with Crippen LogP contribution in [0.2, 0.25) is 0 Å². The highest BCUT2D eigenvalue weighted by Gasteiger charge is 2.25. The Morgan fingerprint density at radius 1 is 1.07 bits per heavy atom.